The van der Waals surface area contributed by atoms with Crippen molar-refractivity contribution in [3.05, 3.63) is 0 Å². The fraction of sp³-hybridized carbons (Fsp3) is 0. The summed E-state index contributed by atoms with van der Waals surface area (Å²) in [4.78, 5) is 0. The van der Waals surface area contributed by atoms with Crippen LogP contribution in [0.3, 0.4) is 0 Å². The van der Waals surface area contributed by atoms with Crippen LogP contribution in [0.1, 0.15) is 0 Å². The van der Waals surface area contributed by atoms with Crippen molar-refractivity contribution in [3.8, 4) is 0 Å². The Hall–Kier alpha value is 0.528. The van der Waals surface area contributed by atoms with E-state index in [4.69, 9.17) is 0 Å². The molecule has 0 spiro atoms. The monoisotopic (exact) mass is 251 g/mol. The summed E-state index contributed by atoms with van der Waals surface area (Å²) >= 11 is 0. The summed E-state index contributed by atoms with van der Waals surface area (Å²) in [5, 5.41) is 0. The summed E-state index contributed by atoms with van der Waals surface area (Å²) in [6, 6.07) is 0. The second-order valence-electron chi connectivity index (χ2n) is 0. The second-order valence-corrected chi connectivity index (χ2v) is 0. The van der Waals surface area contributed by atoms with Gasteiger partial charge in [0.1, 0.15) is 0 Å². The smallest absolute Gasteiger partial charge is 0 e. The summed E-state index contributed by atoms with van der Waals surface area (Å²) in [6.45, 7) is 0. The average molecular weight is 251 g/mol. The Bertz CT molecular complexity index is 3.61. The van der Waals surface area contributed by atoms with Gasteiger partial charge in [-0.05, 0) is 0 Å². The van der Waals surface area contributed by atoms with Gasteiger partial charge in [0.15, 0.2) is 0 Å². The van der Waals surface area contributed by atoms with Crippen LogP contribution in [0, 0.1) is 0 Å². The maximum absolute atomic E-state index is 0. The standard InChI is InChI=1S/4N.Pt. The largest absolute Gasteiger partial charge is 0 e. The van der Waals surface area contributed by atoms with Crippen molar-refractivity contribution in [2.75, 3.05) is 0 Å². The Kier molecular flexibility index (Phi) is 16400. The van der Waals surface area contributed by atoms with E-state index in [1.54, 1.807) is 0 Å². The van der Waals surface area contributed by atoms with Crippen LogP contribution in [0.4, 0.5) is 0 Å². The molecule has 0 aromatic carbocycles. The quantitative estimate of drug-likeness (QED) is 0.476. The van der Waals surface area contributed by atoms with Crippen molar-refractivity contribution in [2.24, 2.45) is 0 Å². The molecule has 0 saturated carbocycles. The minimum Gasteiger partial charge on any atom is 0 e. The molecule has 0 aromatic heterocycles. The molecule has 0 rings (SSSR count). The number of hydrogen-bond acceptors (Lipinski definition) is 0. The Labute approximate surface area is 46.3 Å². The molecular formula is N4Pt. The average Bonchev–Trinajstić information content (AvgIpc) is 0. The zero-order valence-electron chi connectivity index (χ0n) is 2.11. The van der Waals surface area contributed by atoms with Gasteiger partial charge in [-0.1, -0.05) is 0 Å². The molecule has 0 N–H and O–H groups in total. The van der Waals surface area contributed by atoms with Crippen molar-refractivity contribution in [1.29, 1.82) is 0 Å². The Morgan fingerprint density at radius 2 is 0.400 bits per heavy atom. The third kappa shape index (κ3) is 104. The molecule has 5 heavy (non-hydrogen) atoms. The van der Waals surface area contributed by atoms with Crippen molar-refractivity contribution in [3.63, 3.8) is 0 Å². The Morgan fingerprint density at radius 1 is 0.400 bits per heavy atom. The van der Waals surface area contributed by atoms with Gasteiger partial charge in [-0.3, -0.25) is 0 Å². The molecule has 30 valence electrons. The van der Waals surface area contributed by atoms with Gasteiger partial charge in [-0.25, -0.2) is 0 Å². The minimum absolute atomic E-state index is 0. The molecule has 0 aliphatic rings. The normalized spacial score (nSPS) is 0. The molecule has 0 fully saturated rings. The number of rotatable bonds is 0. The summed E-state index contributed by atoms with van der Waals surface area (Å²) in [5.41, 5.74) is 0. The third-order valence-electron chi connectivity index (χ3n) is 0. The van der Waals surface area contributed by atoms with Crippen molar-refractivity contribution in [1.82, 2.24) is 24.6 Å². The van der Waals surface area contributed by atoms with Gasteiger partial charge in [0.05, 0.1) is 0 Å². The van der Waals surface area contributed by atoms with Crippen molar-refractivity contribution in [2.45, 2.75) is 0 Å². The van der Waals surface area contributed by atoms with Crippen LogP contribution in [0.25, 0.3) is 0 Å². The van der Waals surface area contributed by atoms with Gasteiger partial charge in [0.25, 0.3) is 0 Å². The summed E-state index contributed by atoms with van der Waals surface area (Å²) in [7, 11) is 0. The zero-order chi connectivity index (χ0) is 0. The zero-order valence-corrected chi connectivity index (χ0v) is 4.38. The van der Waals surface area contributed by atoms with Gasteiger partial charge >= 0.3 is 0 Å². The van der Waals surface area contributed by atoms with E-state index in [2.05, 4.69) is 0 Å². The van der Waals surface area contributed by atoms with Crippen LogP contribution >= 0.6 is 0 Å². The first-order valence-corrected chi connectivity index (χ1v) is 0. The molecule has 0 amide bonds. The number of nitrogens with zero attached hydrogens (tertiary/aromatic N) is 4. The maximum Gasteiger partial charge on any atom is 0 e. The van der Waals surface area contributed by atoms with E-state index in [0.717, 1.165) is 0 Å². The van der Waals surface area contributed by atoms with Crippen molar-refractivity contribution < 1.29 is 21.1 Å². The van der Waals surface area contributed by atoms with Crippen molar-refractivity contribution >= 4 is 0 Å². The first-order valence-electron chi connectivity index (χ1n) is 0. The topological polar surface area (TPSA) is 122 Å². The molecule has 4 nitrogen and oxygen atoms in total. The summed E-state index contributed by atoms with van der Waals surface area (Å²) in [5.74, 6) is 0. The SMILES string of the molecule is [N].[N].[N].[N].[Pt]. The van der Waals surface area contributed by atoms with Crippen LogP contribution in [0.2, 0.25) is 0 Å². The molecule has 5 heteroatoms. The van der Waals surface area contributed by atoms with Gasteiger partial charge in [0, 0.05) is 45.7 Å². The second kappa shape index (κ2) is 202. The predicted octanol–water partition coefficient (Wildman–Crippen LogP) is -1.92. The van der Waals surface area contributed by atoms with E-state index < -0.39 is 0 Å². The molecule has 0 heterocycles. The van der Waals surface area contributed by atoms with E-state index >= 15 is 0 Å². The summed E-state index contributed by atoms with van der Waals surface area (Å²) in [6.07, 6.45) is 0. The van der Waals surface area contributed by atoms with Gasteiger partial charge in [-0.15, -0.1) is 0 Å². The maximum atomic E-state index is 0. The first-order chi connectivity index (χ1) is 0. The minimum atomic E-state index is 0. The van der Waals surface area contributed by atoms with Gasteiger partial charge in [0.2, 0.25) is 0 Å². The van der Waals surface area contributed by atoms with Crippen LogP contribution in [0.15, 0.2) is 0 Å². The third-order valence-corrected chi connectivity index (χ3v) is 0. The Morgan fingerprint density at radius 3 is 0.400 bits per heavy atom. The molecular weight excluding hydrogens is 251 g/mol. The van der Waals surface area contributed by atoms with E-state index in [0.29, 0.717) is 0 Å². The number of hydrogen-bond donors (Lipinski definition) is 0. The van der Waals surface area contributed by atoms with E-state index in [1.165, 1.54) is 0 Å². The molecule has 0 aliphatic heterocycles. The fourth-order valence-corrected chi connectivity index (χ4v) is 0. The van der Waals surface area contributed by atoms with Crippen LogP contribution < -0.4 is 24.6 Å². The van der Waals surface area contributed by atoms with Crippen LogP contribution in [-0.2, 0) is 21.1 Å². The molecule has 0 unspecified atom stereocenters. The molecule has 0 atom stereocenters. The van der Waals surface area contributed by atoms with Gasteiger partial charge < -0.3 is 0 Å². The first kappa shape index (κ1) is 406. The van der Waals surface area contributed by atoms with Gasteiger partial charge in [-0.2, -0.15) is 0 Å². The molecule has 0 aromatic rings. The summed E-state index contributed by atoms with van der Waals surface area (Å²) < 4.78 is 0. The fourth-order valence-electron chi connectivity index (χ4n) is 0. The Balaban J connectivity index is 0. The molecule has 0 aliphatic carbocycles. The predicted molar refractivity (Wildman–Crippen MR) is 8.54 cm³/mol. The molecule has 0 bridgehead atoms. The molecule has 12 radical (unpaired) electrons. The molecule has 0 saturated heterocycles. The van der Waals surface area contributed by atoms with E-state index in [1.807, 2.05) is 0 Å². The van der Waals surface area contributed by atoms with Crippen LogP contribution in [-0.4, -0.2) is 0 Å². The van der Waals surface area contributed by atoms with E-state index in [-0.39, 0.29) is 45.7 Å². The van der Waals surface area contributed by atoms with E-state index in [9.17, 15) is 0 Å². The van der Waals surface area contributed by atoms with Crippen LogP contribution in [0.5, 0.6) is 0 Å².